The van der Waals surface area contributed by atoms with Crippen LogP contribution in [0.4, 0.5) is 5.69 Å². The lowest BCUT2D eigenvalue weighted by atomic mass is 10.2. The van der Waals surface area contributed by atoms with Crippen molar-refractivity contribution in [3.05, 3.63) is 53.1 Å². The van der Waals surface area contributed by atoms with Gasteiger partial charge in [0, 0.05) is 15.6 Å². The molecule has 4 rings (SSSR count). The monoisotopic (exact) mass is 436 g/mol. The van der Waals surface area contributed by atoms with Gasteiger partial charge in [0.25, 0.3) is 10.0 Å². The van der Waals surface area contributed by atoms with E-state index in [4.69, 9.17) is 4.74 Å². The zero-order chi connectivity index (χ0) is 17.4. The molecule has 8 heteroatoms. The standard InChI is InChI=1S/C17H13BrN2O3S2/c18-14-3-1-2-11-8-12(10-19-17(11)14)20-25(21,22)13-4-5-15-16(9-13)24-7-6-23-15/h1-5,8-10,20H,6-7H2. The highest BCUT2D eigenvalue weighted by Crippen LogP contribution is 2.35. The van der Waals surface area contributed by atoms with Gasteiger partial charge in [0.1, 0.15) is 5.75 Å². The lowest BCUT2D eigenvalue weighted by Crippen LogP contribution is -2.14. The first-order valence-corrected chi connectivity index (χ1v) is 10.8. The maximum absolute atomic E-state index is 12.7. The Morgan fingerprint density at radius 1 is 1.20 bits per heavy atom. The van der Waals surface area contributed by atoms with Crippen molar-refractivity contribution >= 4 is 54.3 Å². The number of sulfonamides is 1. The van der Waals surface area contributed by atoms with E-state index in [1.807, 2.05) is 18.2 Å². The van der Waals surface area contributed by atoms with Crippen LogP contribution in [0.3, 0.4) is 0 Å². The number of benzene rings is 2. The van der Waals surface area contributed by atoms with Gasteiger partial charge < -0.3 is 4.74 Å². The Morgan fingerprint density at radius 3 is 2.96 bits per heavy atom. The zero-order valence-electron chi connectivity index (χ0n) is 12.9. The molecule has 0 saturated carbocycles. The minimum Gasteiger partial charge on any atom is -0.492 e. The van der Waals surface area contributed by atoms with Crippen molar-refractivity contribution in [3.8, 4) is 5.75 Å². The van der Waals surface area contributed by atoms with Crippen LogP contribution in [0.2, 0.25) is 0 Å². The van der Waals surface area contributed by atoms with E-state index < -0.39 is 10.0 Å². The fourth-order valence-electron chi connectivity index (χ4n) is 2.58. The highest BCUT2D eigenvalue weighted by atomic mass is 79.9. The van der Waals surface area contributed by atoms with Crippen LogP contribution in [0.5, 0.6) is 5.75 Å². The predicted octanol–water partition coefficient (Wildman–Crippen LogP) is 4.28. The van der Waals surface area contributed by atoms with Crippen LogP contribution < -0.4 is 9.46 Å². The number of anilines is 1. The largest absolute Gasteiger partial charge is 0.492 e. The van der Waals surface area contributed by atoms with Gasteiger partial charge in [-0.1, -0.05) is 12.1 Å². The summed E-state index contributed by atoms with van der Waals surface area (Å²) in [6.45, 7) is 0.639. The van der Waals surface area contributed by atoms with Crippen molar-refractivity contribution in [2.75, 3.05) is 17.1 Å². The highest BCUT2D eigenvalue weighted by Gasteiger charge is 2.19. The molecule has 128 valence electrons. The summed E-state index contributed by atoms with van der Waals surface area (Å²) in [6.07, 6.45) is 1.51. The Bertz CT molecular complexity index is 1070. The third kappa shape index (κ3) is 3.33. The molecule has 0 aliphatic carbocycles. The van der Waals surface area contributed by atoms with E-state index in [-0.39, 0.29) is 4.90 Å². The van der Waals surface area contributed by atoms with E-state index in [0.29, 0.717) is 12.3 Å². The molecule has 0 saturated heterocycles. The van der Waals surface area contributed by atoms with E-state index >= 15 is 0 Å². The van der Waals surface area contributed by atoms with Gasteiger partial charge in [0.05, 0.1) is 33.8 Å². The summed E-state index contributed by atoms with van der Waals surface area (Å²) in [5.41, 5.74) is 1.21. The zero-order valence-corrected chi connectivity index (χ0v) is 16.1. The van der Waals surface area contributed by atoms with Crippen molar-refractivity contribution in [2.45, 2.75) is 9.79 Å². The van der Waals surface area contributed by atoms with E-state index in [1.165, 1.54) is 6.20 Å². The first-order chi connectivity index (χ1) is 12.0. The number of pyridine rings is 1. The minimum atomic E-state index is -3.70. The average molecular weight is 437 g/mol. The summed E-state index contributed by atoms with van der Waals surface area (Å²) in [7, 11) is -3.70. The first kappa shape index (κ1) is 16.7. The van der Waals surface area contributed by atoms with Crippen molar-refractivity contribution in [1.82, 2.24) is 4.98 Å². The van der Waals surface area contributed by atoms with Crippen molar-refractivity contribution in [2.24, 2.45) is 0 Å². The van der Waals surface area contributed by atoms with Crippen molar-refractivity contribution in [1.29, 1.82) is 0 Å². The van der Waals surface area contributed by atoms with Gasteiger partial charge in [-0.05, 0) is 46.3 Å². The second kappa shape index (κ2) is 6.51. The minimum absolute atomic E-state index is 0.207. The Hall–Kier alpha value is -1.77. The van der Waals surface area contributed by atoms with Gasteiger partial charge in [-0.15, -0.1) is 11.8 Å². The molecule has 25 heavy (non-hydrogen) atoms. The summed E-state index contributed by atoms with van der Waals surface area (Å²) >= 11 is 5.03. The van der Waals surface area contributed by atoms with E-state index in [9.17, 15) is 8.42 Å². The summed E-state index contributed by atoms with van der Waals surface area (Å²) < 4.78 is 34.4. The van der Waals surface area contributed by atoms with Crippen LogP contribution in [0, 0.1) is 0 Å². The van der Waals surface area contributed by atoms with Crippen LogP contribution in [0.1, 0.15) is 0 Å². The molecule has 1 aromatic heterocycles. The van der Waals surface area contributed by atoms with Crippen LogP contribution in [-0.4, -0.2) is 25.8 Å². The summed E-state index contributed by atoms with van der Waals surface area (Å²) in [5, 5.41) is 0.851. The number of nitrogens with zero attached hydrogens (tertiary/aromatic N) is 1. The molecule has 0 radical (unpaired) electrons. The highest BCUT2D eigenvalue weighted by molar-refractivity contribution is 9.10. The Balaban J connectivity index is 1.67. The normalized spacial score (nSPS) is 14.0. The maximum Gasteiger partial charge on any atom is 0.261 e. The van der Waals surface area contributed by atoms with E-state index in [2.05, 4.69) is 25.6 Å². The number of hydrogen-bond donors (Lipinski definition) is 1. The molecule has 0 bridgehead atoms. The van der Waals surface area contributed by atoms with E-state index in [1.54, 1.807) is 36.0 Å². The number of nitrogens with one attached hydrogen (secondary N) is 1. The number of aromatic nitrogens is 1. The van der Waals surface area contributed by atoms with Crippen LogP contribution in [-0.2, 0) is 10.0 Å². The van der Waals surface area contributed by atoms with Crippen LogP contribution >= 0.6 is 27.7 Å². The van der Waals surface area contributed by atoms with Gasteiger partial charge in [0.15, 0.2) is 0 Å². The lowest BCUT2D eigenvalue weighted by Gasteiger charge is -2.17. The molecule has 5 nitrogen and oxygen atoms in total. The van der Waals surface area contributed by atoms with Gasteiger partial charge in [-0.25, -0.2) is 8.42 Å². The first-order valence-electron chi connectivity index (χ1n) is 7.50. The quantitative estimate of drug-likeness (QED) is 0.663. The Morgan fingerprint density at radius 2 is 2.08 bits per heavy atom. The summed E-state index contributed by atoms with van der Waals surface area (Å²) in [6, 6.07) is 12.3. The Kier molecular flexibility index (Phi) is 4.35. The summed E-state index contributed by atoms with van der Waals surface area (Å²) in [5.74, 6) is 1.54. The molecular weight excluding hydrogens is 424 g/mol. The molecule has 1 aliphatic rings. The second-order valence-electron chi connectivity index (χ2n) is 5.45. The van der Waals surface area contributed by atoms with Gasteiger partial charge in [-0.3, -0.25) is 9.71 Å². The topological polar surface area (TPSA) is 68.3 Å². The predicted molar refractivity (Wildman–Crippen MR) is 103 cm³/mol. The number of hydrogen-bond acceptors (Lipinski definition) is 5. The molecule has 2 aromatic carbocycles. The number of halogens is 1. The number of fused-ring (bicyclic) bond motifs is 2. The molecule has 0 atom stereocenters. The molecule has 3 aromatic rings. The number of rotatable bonds is 3. The fraction of sp³-hybridized carbons (Fsp3) is 0.118. The molecule has 2 heterocycles. The number of para-hydroxylation sites is 1. The number of ether oxygens (including phenoxy) is 1. The molecule has 1 aliphatic heterocycles. The van der Waals surface area contributed by atoms with E-state index in [0.717, 1.165) is 31.8 Å². The second-order valence-corrected chi connectivity index (χ2v) is 9.12. The average Bonchev–Trinajstić information content (AvgIpc) is 2.61. The maximum atomic E-state index is 12.7. The molecule has 1 N–H and O–H groups in total. The smallest absolute Gasteiger partial charge is 0.261 e. The fourth-order valence-corrected chi connectivity index (χ4v) is 5.07. The van der Waals surface area contributed by atoms with Gasteiger partial charge in [-0.2, -0.15) is 0 Å². The molecule has 0 unspecified atom stereocenters. The number of thioether (sulfide) groups is 1. The third-order valence-electron chi connectivity index (χ3n) is 3.74. The van der Waals surface area contributed by atoms with Gasteiger partial charge in [0.2, 0.25) is 0 Å². The Labute approximate surface area is 158 Å². The van der Waals surface area contributed by atoms with Crippen molar-refractivity contribution in [3.63, 3.8) is 0 Å². The molecule has 0 fully saturated rings. The van der Waals surface area contributed by atoms with Crippen LogP contribution in [0.15, 0.2) is 62.9 Å². The van der Waals surface area contributed by atoms with Crippen LogP contribution in [0.25, 0.3) is 10.9 Å². The third-order valence-corrected chi connectivity index (χ3v) is 6.76. The molecular formula is C17H13BrN2O3S2. The molecule has 0 amide bonds. The SMILES string of the molecule is O=S(=O)(Nc1cnc2c(Br)cccc2c1)c1ccc2c(c1)SCCO2. The molecule has 0 spiro atoms. The van der Waals surface area contributed by atoms with Crippen molar-refractivity contribution < 1.29 is 13.2 Å². The lowest BCUT2D eigenvalue weighted by molar-refractivity contribution is 0.329. The summed E-state index contributed by atoms with van der Waals surface area (Å²) in [4.78, 5) is 5.38. The van der Waals surface area contributed by atoms with Gasteiger partial charge >= 0.3 is 0 Å².